The number of likely N-dealkylation sites (N-methyl/N-ethyl adjacent to an activating group) is 1. The molecule has 1 heterocycles. The van der Waals surface area contributed by atoms with Crippen LogP contribution in [0.25, 0.3) is 0 Å². The van der Waals surface area contributed by atoms with Crippen LogP contribution < -0.4 is 4.90 Å². The molecule has 0 aromatic carbocycles. The lowest BCUT2D eigenvalue weighted by Crippen LogP contribution is -2.31. The van der Waals surface area contributed by atoms with Crippen molar-refractivity contribution >= 4 is 11.8 Å². The molecule has 0 N–H and O–H groups in total. The van der Waals surface area contributed by atoms with Crippen molar-refractivity contribution in [1.29, 1.82) is 0 Å². The molecule has 1 aromatic rings. The maximum absolute atomic E-state index is 11.1. The first-order valence-corrected chi connectivity index (χ1v) is 4.78. The van der Waals surface area contributed by atoms with Crippen molar-refractivity contribution in [3.8, 4) is 0 Å². The SMILES string of the molecule is CCN(CC(=O)OC)c1ccnc(C)n1. The number of methoxy groups -OCH3 is 1. The minimum absolute atomic E-state index is 0.212. The van der Waals surface area contributed by atoms with Crippen LogP contribution in [0.5, 0.6) is 0 Å². The lowest BCUT2D eigenvalue weighted by atomic mass is 10.4. The summed E-state index contributed by atoms with van der Waals surface area (Å²) in [6.45, 7) is 4.69. The molecule has 0 aliphatic rings. The molecule has 5 heteroatoms. The third-order valence-electron chi connectivity index (χ3n) is 2.01. The molecule has 15 heavy (non-hydrogen) atoms. The van der Waals surface area contributed by atoms with Crippen molar-refractivity contribution in [2.24, 2.45) is 0 Å². The number of hydrogen-bond donors (Lipinski definition) is 0. The van der Waals surface area contributed by atoms with Crippen LogP contribution in [-0.4, -0.2) is 36.1 Å². The first-order valence-electron chi connectivity index (χ1n) is 4.78. The summed E-state index contributed by atoms with van der Waals surface area (Å²) in [5.41, 5.74) is 0. The summed E-state index contributed by atoms with van der Waals surface area (Å²) in [6.07, 6.45) is 1.68. The van der Waals surface area contributed by atoms with Crippen LogP contribution >= 0.6 is 0 Å². The molecule has 0 spiro atoms. The molecule has 0 saturated heterocycles. The molecule has 0 unspecified atom stereocenters. The van der Waals surface area contributed by atoms with Crippen molar-refractivity contribution in [3.63, 3.8) is 0 Å². The molecule has 5 nitrogen and oxygen atoms in total. The maximum Gasteiger partial charge on any atom is 0.325 e. The summed E-state index contributed by atoms with van der Waals surface area (Å²) in [6, 6.07) is 1.78. The highest BCUT2D eigenvalue weighted by atomic mass is 16.5. The van der Waals surface area contributed by atoms with Gasteiger partial charge in [0.2, 0.25) is 0 Å². The Balaban J connectivity index is 2.78. The quantitative estimate of drug-likeness (QED) is 0.686. The van der Waals surface area contributed by atoms with Gasteiger partial charge >= 0.3 is 5.97 Å². The highest BCUT2D eigenvalue weighted by molar-refractivity contribution is 5.75. The first kappa shape index (κ1) is 11.4. The summed E-state index contributed by atoms with van der Waals surface area (Å²) < 4.78 is 4.61. The molecule has 1 aromatic heterocycles. The van der Waals surface area contributed by atoms with Crippen LogP contribution in [0.3, 0.4) is 0 Å². The predicted molar refractivity (Wildman–Crippen MR) is 56.7 cm³/mol. The minimum Gasteiger partial charge on any atom is -0.468 e. The lowest BCUT2D eigenvalue weighted by molar-refractivity contribution is -0.138. The van der Waals surface area contributed by atoms with Crippen LogP contribution in [0.1, 0.15) is 12.7 Å². The average Bonchev–Trinajstić information content (AvgIpc) is 2.25. The summed E-state index contributed by atoms with van der Waals surface area (Å²) in [5.74, 6) is 1.17. The zero-order valence-corrected chi connectivity index (χ0v) is 9.23. The first-order chi connectivity index (χ1) is 7.17. The Morgan fingerprint density at radius 1 is 1.60 bits per heavy atom. The van der Waals surface area contributed by atoms with Gasteiger partial charge in [-0.1, -0.05) is 0 Å². The Kier molecular flexibility index (Phi) is 4.03. The van der Waals surface area contributed by atoms with E-state index in [1.807, 2.05) is 18.7 Å². The highest BCUT2D eigenvalue weighted by Gasteiger charge is 2.11. The normalized spacial score (nSPS) is 9.80. The van der Waals surface area contributed by atoms with Gasteiger partial charge in [0.1, 0.15) is 18.2 Å². The smallest absolute Gasteiger partial charge is 0.325 e. The topological polar surface area (TPSA) is 55.3 Å². The summed E-state index contributed by atoms with van der Waals surface area (Å²) in [5, 5.41) is 0. The molecule has 1 rings (SSSR count). The fourth-order valence-corrected chi connectivity index (χ4v) is 1.20. The van der Waals surface area contributed by atoms with Gasteiger partial charge in [0.25, 0.3) is 0 Å². The van der Waals surface area contributed by atoms with Gasteiger partial charge in [-0.2, -0.15) is 0 Å². The van der Waals surface area contributed by atoms with Gasteiger partial charge in [0, 0.05) is 12.7 Å². The van der Waals surface area contributed by atoms with Gasteiger partial charge in [-0.05, 0) is 19.9 Å². The monoisotopic (exact) mass is 209 g/mol. The third kappa shape index (κ3) is 3.19. The van der Waals surface area contributed by atoms with E-state index in [2.05, 4.69) is 14.7 Å². The van der Waals surface area contributed by atoms with E-state index in [1.54, 1.807) is 12.3 Å². The molecular formula is C10H15N3O2. The Labute approximate surface area is 89.1 Å². The largest absolute Gasteiger partial charge is 0.468 e. The van der Waals surface area contributed by atoms with Gasteiger partial charge in [0.05, 0.1) is 7.11 Å². The highest BCUT2D eigenvalue weighted by Crippen LogP contribution is 2.08. The second kappa shape index (κ2) is 5.29. The van der Waals surface area contributed by atoms with Crippen LogP contribution in [-0.2, 0) is 9.53 Å². The number of carbonyl (C=O) groups is 1. The number of esters is 1. The summed E-state index contributed by atoms with van der Waals surface area (Å²) in [7, 11) is 1.38. The molecule has 0 aliphatic carbocycles. The Morgan fingerprint density at radius 2 is 2.33 bits per heavy atom. The summed E-state index contributed by atoms with van der Waals surface area (Å²) >= 11 is 0. The minimum atomic E-state index is -0.270. The number of aryl methyl sites for hydroxylation is 1. The van der Waals surface area contributed by atoms with E-state index in [0.717, 1.165) is 5.82 Å². The van der Waals surface area contributed by atoms with Crippen LogP contribution in [0, 0.1) is 6.92 Å². The Hall–Kier alpha value is -1.65. The number of ether oxygens (including phenoxy) is 1. The van der Waals surface area contributed by atoms with Crippen molar-refractivity contribution in [1.82, 2.24) is 9.97 Å². The van der Waals surface area contributed by atoms with E-state index in [-0.39, 0.29) is 12.5 Å². The second-order valence-corrected chi connectivity index (χ2v) is 3.05. The molecule has 0 aliphatic heterocycles. The molecule has 0 atom stereocenters. The van der Waals surface area contributed by atoms with Crippen molar-refractivity contribution < 1.29 is 9.53 Å². The number of carbonyl (C=O) groups excluding carboxylic acids is 1. The maximum atomic E-state index is 11.1. The van der Waals surface area contributed by atoms with Gasteiger partial charge in [-0.15, -0.1) is 0 Å². The van der Waals surface area contributed by atoms with Crippen LogP contribution in [0.4, 0.5) is 5.82 Å². The zero-order chi connectivity index (χ0) is 11.3. The van der Waals surface area contributed by atoms with E-state index in [1.165, 1.54) is 7.11 Å². The van der Waals surface area contributed by atoms with Gasteiger partial charge < -0.3 is 9.64 Å². The zero-order valence-electron chi connectivity index (χ0n) is 9.23. The predicted octanol–water partition coefficient (Wildman–Crippen LogP) is 0.784. The van der Waals surface area contributed by atoms with Gasteiger partial charge in [-0.25, -0.2) is 9.97 Å². The molecule has 0 amide bonds. The summed E-state index contributed by atoms with van der Waals surface area (Å²) in [4.78, 5) is 21.2. The van der Waals surface area contributed by atoms with Crippen molar-refractivity contribution in [2.45, 2.75) is 13.8 Å². The van der Waals surface area contributed by atoms with E-state index < -0.39 is 0 Å². The lowest BCUT2D eigenvalue weighted by Gasteiger charge is -2.20. The molecule has 0 bridgehead atoms. The number of anilines is 1. The van der Waals surface area contributed by atoms with E-state index in [9.17, 15) is 4.79 Å². The fourth-order valence-electron chi connectivity index (χ4n) is 1.20. The van der Waals surface area contributed by atoms with E-state index in [4.69, 9.17) is 0 Å². The van der Waals surface area contributed by atoms with Crippen molar-refractivity contribution in [3.05, 3.63) is 18.1 Å². The van der Waals surface area contributed by atoms with Crippen LogP contribution in [0.2, 0.25) is 0 Å². The second-order valence-electron chi connectivity index (χ2n) is 3.05. The van der Waals surface area contributed by atoms with E-state index >= 15 is 0 Å². The van der Waals surface area contributed by atoms with Gasteiger partial charge in [0.15, 0.2) is 0 Å². The number of nitrogens with zero attached hydrogens (tertiary/aromatic N) is 3. The Morgan fingerprint density at radius 3 is 2.87 bits per heavy atom. The number of aromatic nitrogens is 2. The fraction of sp³-hybridized carbons (Fsp3) is 0.500. The van der Waals surface area contributed by atoms with Crippen molar-refractivity contribution in [2.75, 3.05) is 25.1 Å². The molecule has 0 fully saturated rings. The molecule has 82 valence electrons. The molecule has 0 saturated carbocycles. The third-order valence-corrected chi connectivity index (χ3v) is 2.01. The number of hydrogen-bond acceptors (Lipinski definition) is 5. The van der Waals surface area contributed by atoms with E-state index in [0.29, 0.717) is 12.4 Å². The van der Waals surface area contributed by atoms with Crippen LogP contribution in [0.15, 0.2) is 12.3 Å². The average molecular weight is 209 g/mol. The standard InChI is InChI=1S/C10H15N3O2/c1-4-13(7-10(14)15-3)9-5-6-11-8(2)12-9/h5-6H,4,7H2,1-3H3. The van der Waals surface area contributed by atoms with Gasteiger partial charge in [-0.3, -0.25) is 4.79 Å². The Bertz CT molecular complexity index is 341. The number of rotatable bonds is 4. The molecular weight excluding hydrogens is 194 g/mol. The molecule has 0 radical (unpaired) electrons.